The minimum atomic E-state index is -3.40. The lowest BCUT2D eigenvalue weighted by Crippen LogP contribution is -2.31. The van der Waals surface area contributed by atoms with E-state index in [1.165, 1.54) is 15.6 Å². The van der Waals surface area contributed by atoms with Crippen molar-refractivity contribution in [1.82, 2.24) is 4.31 Å². The van der Waals surface area contributed by atoms with E-state index in [1.807, 2.05) is 36.4 Å². The molecule has 0 aliphatic rings. The van der Waals surface area contributed by atoms with Crippen LogP contribution in [0.25, 0.3) is 0 Å². The second-order valence-corrected chi connectivity index (χ2v) is 8.30. The highest BCUT2D eigenvalue weighted by Gasteiger charge is 2.22. The molecular formula is C15H16ClNO2S2. The molecule has 0 unspecified atom stereocenters. The predicted molar refractivity (Wildman–Crippen MR) is 89.0 cm³/mol. The van der Waals surface area contributed by atoms with Crippen molar-refractivity contribution in [3.63, 3.8) is 0 Å². The van der Waals surface area contributed by atoms with Gasteiger partial charge in [0.05, 0.1) is 10.1 Å². The average molecular weight is 342 g/mol. The Labute approximate surface area is 134 Å². The third-order valence-corrected chi connectivity index (χ3v) is 5.86. The summed E-state index contributed by atoms with van der Waals surface area (Å²) in [6, 6.07) is 12.8. The normalized spacial score (nSPS) is 11.7. The van der Waals surface area contributed by atoms with E-state index in [9.17, 15) is 8.42 Å². The van der Waals surface area contributed by atoms with Crippen molar-refractivity contribution in [3.05, 3.63) is 69.9 Å². The third-order valence-electron chi connectivity index (χ3n) is 2.88. The van der Waals surface area contributed by atoms with E-state index < -0.39 is 10.0 Å². The monoisotopic (exact) mass is 341 g/mol. The zero-order chi connectivity index (χ0) is 15.3. The van der Waals surface area contributed by atoms with Crippen molar-refractivity contribution in [2.75, 3.05) is 6.54 Å². The van der Waals surface area contributed by atoms with Gasteiger partial charge in [-0.2, -0.15) is 4.31 Å². The lowest BCUT2D eigenvalue weighted by molar-refractivity contribution is 0.440. The Balaban J connectivity index is 2.17. The molecule has 2 rings (SSSR count). The molecule has 0 saturated heterocycles. The average Bonchev–Trinajstić information content (AvgIpc) is 2.84. The van der Waals surface area contributed by atoms with Gasteiger partial charge >= 0.3 is 0 Å². The molecule has 0 bridgehead atoms. The smallest absolute Gasteiger partial charge is 0.212 e. The number of sulfonamides is 1. The Bertz CT molecular complexity index is 695. The van der Waals surface area contributed by atoms with Crippen LogP contribution in [0.15, 0.2) is 55.1 Å². The van der Waals surface area contributed by atoms with Gasteiger partial charge in [0.15, 0.2) is 0 Å². The molecule has 0 saturated carbocycles. The van der Waals surface area contributed by atoms with E-state index in [1.54, 1.807) is 12.1 Å². The van der Waals surface area contributed by atoms with Gasteiger partial charge in [-0.25, -0.2) is 8.42 Å². The van der Waals surface area contributed by atoms with Crippen LogP contribution in [0.3, 0.4) is 0 Å². The summed E-state index contributed by atoms with van der Waals surface area (Å²) in [5, 5.41) is 0. The summed E-state index contributed by atoms with van der Waals surface area (Å²) in [7, 11) is -3.40. The first kappa shape index (κ1) is 16.2. The summed E-state index contributed by atoms with van der Waals surface area (Å²) in [4.78, 5) is 0.915. The van der Waals surface area contributed by atoms with E-state index in [-0.39, 0.29) is 12.3 Å². The number of benzene rings is 1. The Morgan fingerprint density at radius 3 is 2.48 bits per heavy atom. The Morgan fingerprint density at radius 2 is 1.90 bits per heavy atom. The molecular weight excluding hydrogens is 326 g/mol. The van der Waals surface area contributed by atoms with Gasteiger partial charge in [-0.3, -0.25) is 0 Å². The molecule has 1 aromatic heterocycles. The van der Waals surface area contributed by atoms with Crippen molar-refractivity contribution in [1.29, 1.82) is 0 Å². The molecule has 0 radical (unpaired) electrons. The minimum absolute atomic E-state index is 0.0131. The number of thiophene rings is 1. The van der Waals surface area contributed by atoms with Crippen LogP contribution in [0.5, 0.6) is 0 Å². The fourth-order valence-corrected chi connectivity index (χ4v) is 4.56. The van der Waals surface area contributed by atoms with E-state index >= 15 is 0 Å². The van der Waals surface area contributed by atoms with Crippen LogP contribution in [0, 0.1) is 0 Å². The number of hydrogen-bond acceptors (Lipinski definition) is 3. The van der Waals surface area contributed by atoms with Gasteiger partial charge in [-0.05, 0) is 17.7 Å². The van der Waals surface area contributed by atoms with Gasteiger partial charge in [0.25, 0.3) is 0 Å². The number of rotatable bonds is 7. The van der Waals surface area contributed by atoms with E-state index in [2.05, 4.69) is 6.58 Å². The maximum atomic E-state index is 12.6. The van der Waals surface area contributed by atoms with Crippen LogP contribution in [0.4, 0.5) is 0 Å². The second-order valence-electron chi connectivity index (χ2n) is 4.53. The third kappa shape index (κ3) is 4.68. The Morgan fingerprint density at radius 1 is 1.19 bits per heavy atom. The number of halogens is 1. The predicted octanol–water partition coefficient (Wildman–Crippen LogP) is 3.92. The summed E-state index contributed by atoms with van der Waals surface area (Å²) in [6.45, 7) is 4.24. The molecule has 21 heavy (non-hydrogen) atoms. The maximum Gasteiger partial charge on any atom is 0.218 e. The molecule has 0 spiro atoms. The highest BCUT2D eigenvalue weighted by Crippen LogP contribution is 2.24. The molecule has 0 amide bonds. The topological polar surface area (TPSA) is 37.4 Å². The highest BCUT2D eigenvalue weighted by molar-refractivity contribution is 7.88. The van der Waals surface area contributed by atoms with Gasteiger partial charge in [0, 0.05) is 18.0 Å². The molecule has 0 N–H and O–H groups in total. The van der Waals surface area contributed by atoms with Gasteiger partial charge in [0.1, 0.15) is 0 Å². The quantitative estimate of drug-likeness (QED) is 0.716. The lowest BCUT2D eigenvalue weighted by Gasteiger charge is -2.20. The van der Waals surface area contributed by atoms with Crippen LogP contribution >= 0.6 is 22.9 Å². The van der Waals surface area contributed by atoms with Crippen molar-refractivity contribution < 1.29 is 8.42 Å². The Hall–Kier alpha value is -1.14. The molecule has 3 nitrogen and oxygen atoms in total. The van der Waals surface area contributed by atoms with Crippen molar-refractivity contribution in [2.24, 2.45) is 0 Å². The van der Waals surface area contributed by atoms with Gasteiger partial charge in [-0.15, -0.1) is 17.9 Å². The number of hydrogen-bond donors (Lipinski definition) is 0. The van der Waals surface area contributed by atoms with Gasteiger partial charge < -0.3 is 0 Å². The van der Waals surface area contributed by atoms with Crippen LogP contribution in [0.2, 0.25) is 4.34 Å². The molecule has 6 heteroatoms. The minimum Gasteiger partial charge on any atom is -0.212 e. The summed E-state index contributed by atoms with van der Waals surface area (Å²) >= 11 is 7.28. The summed E-state index contributed by atoms with van der Waals surface area (Å²) in [6.07, 6.45) is 1.59. The maximum absolute atomic E-state index is 12.6. The standard InChI is InChI=1S/C15H16ClNO2S2/c1-2-10-17(11-14-8-9-15(16)20-14)21(18,19)12-13-6-4-3-5-7-13/h2-9H,1,10-12H2. The van der Waals surface area contributed by atoms with Crippen molar-refractivity contribution in [3.8, 4) is 0 Å². The molecule has 112 valence electrons. The van der Waals surface area contributed by atoms with Gasteiger partial charge in [-0.1, -0.05) is 48.0 Å². The molecule has 0 fully saturated rings. The lowest BCUT2D eigenvalue weighted by atomic mass is 10.2. The van der Waals surface area contributed by atoms with E-state index in [0.717, 1.165) is 10.4 Å². The molecule has 0 atom stereocenters. The first-order valence-corrected chi connectivity index (χ1v) is 9.18. The van der Waals surface area contributed by atoms with E-state index in [4.69, 9.17) is 11.6 Å². The molecule has 1 heterocycles. The Kier molecular flexibility index (Phi) is 5.58. The fourth-order valence-electron chi connectivity index (χ4n) is 1.91. The zero-order valence-corrected chi connectivity index (χ0v) is 13.8. The van der Waals surface area contributed by atoms with Crippen molar-refractivity contribution >= 4 is 33.0 Å². The van der Waals surface area contributed by atoms with Crippen molar-refractivity contribution in [2.45, 2.75) is 12.3 Å². The van der Waals surface area contributed by atoms with Crippen LogP contribution in [-0.4, -0.2) is 19.3 Å². The number of nitrogens with zero attached hydrogens (tertiary/aromatic N) is 1. The highest BCUT2D eigenvalue weighted by atomic mass is 35.5. The summed E-state index contributed by atoms with van der Waals surface area (Å²) in [5.41, 5.74) is 0.774. The molecule has 2 aromatic rings. The summed E-state index contributed by atoms with van der Waals surface area (Å²) in [5.74, 6) is -0.0131. The summed E-state index contributed by atoms with van der Waals surface area (Å²) < 4.78 is 27.2. The molecule has 1 aromatic carbocycles. The molecule has 0 aliphatic carbocycles. The molecule has 0 aliphatic heterocycles. The fraction of sp³-hybridized carbons (Fsp3) is 0.200. The van der Waals surface area contributed by atoms with Crippen LogP contribution in [0.1, 0.15) is 10.4 Å². The van der Waals surface area contributed by atoms with E-state index in [0.29, 0.717) is 10.9 Å². The zero-order valence-electron chi connectivity index (χ0n) is 11.4. The van der Waals surface area contributed by atoms with Crippen LogP contribution < -0.4 is 0 Å². The first-order valence-electron chi connectivity index (χ1n) is 6.38. The van der Waals surface area contributed by atoms with Crippen LogP contribution in [-0.2, 0) is 22.3 Å². The first-order chi connectivity index (χ1) is 10.0. The SMILES string of the molecule is C=CCN(Cc1ccc(Cl)s1)S(=O)(=O)Cc1ccccc1. The van der Waals surface area contributed by atoms with Gasteiger partial charge in [0.2, 0.25) is 10.0 Å². The largest absolute Gasteiger partial charge is 0.218 e. The second kappa shape index (κ2) is 7.22.